The molecular formula is C22H21F3N2O2. The number of alkyl halides is 3. The van der Waals surface area contributed by atoms with Gasteiger partial charge in [-0.2, -0.15) is 13.2 Å². The van der Waals surface area contributed by atoms with Crippen LogP contribution in [0.2, 0.25) is 0 Å². The van der Waals surface area contributed by atoms with Crippen molar-refractivity contribution in [3.05, 3.63) is 83.7 Å². The van der Waals surface area contributed by atoms with E-state index in [9.17, 15) is 13.2 Å². The molecule has 29 heavy (non-hydrogen) atoms. The molecule has 0 aliphatic carbocycles. The molecule has 4 rings (SSSR count). The van der Waals surface area contributed by atoms with Gasteiger partial charge in [-0.1, -0.05) is 12.1 Å². The number of aromatic nitrogens is 1. The van der Waals surface area contributed by atoms with Crippen molar-refractivity contribution in [1.29, 1.82) is 0 Å². The van der Waals surface area contributed by atoms with Crippen molar-refractivity contribution in [1.82, 2.24) is 9.47 Å². The molecule has 1 aliphatic heterocycles. The van der Waals surface area contributed by atoms with Crippen LogP contribution in [0.5, 0.6) is 5.75 Å². The number of halogens is 3. The Balaban J connectivity index is 1.49. The van der Waals surface area contributed by atoms with Gasteiger partial charge in [-0.25, -0.2) is 0 Å². The highest BCUT2D eigenvalue weighted by Crippen LogP contribution is 2.31. The Kier molecular flexibility index (Phi) is 5.34. The highest BCUT2D eigenvalue weighted by molar-refractivity contribution is 5.37. The molecule has 152 valence electrons. The maximum atomic E-state index is 12.8. The predicted molar refractivity (Wildman–Crippen MR) is 103 cm³/mol. The average molecular weight is 402 g/mol. The first-order valence-corrected chi connectivity index (χ1v) is 9.28. The molecule has 4 nitrogen and oxygen atoms in total. The zero-order valence-corrected chi connectivity index (χ0v) is 15.9. The van der Waals surface area contributed by atoms with Crippen LogP contribution in [-0.4, -0.2) is 29.7 Å². The lowest BCUT2D eigenvalue weighted by Gasteiger charge is -2.22. The van der Waals surface area contributed by atoms with Gasteiger partial charge in [0.2, 0.25) is 0 Å². The molecule has 0 bridgehead atoms. The highest BCUT2D eigenvalue weighted by atomic mass is 19.4. The van der Waals surface area contributed by atoms with Crippen molar-refractivity contribution in [2.45, 2.75) is 18.9 Å². The highest BCUT2D eigenvalue weighted by Gasteiger charge is 2.30. The molecule has 2 heterocycles. The van der Waals surface area contributed by atoms with Crippen LogP contribution in [0.15, 0.2) is 67.0 Å². The smallest absolute Gasteiger partial charge is 0.416 e. The third-order valence-electron chi connectivity index (χ3n) is 5.02. The molecule has 0 saturated carbocycles. The molecule has 0 spiro atoms. The first-order chi connectivity index (χ1) is 13.9. The first-order valence-electron chi connectivity index (χ1n) is 9.28. The molecule has 1 fully saturated rings. The second-order valence-electron chi connectivity index (χ2n) is 6.94. The number of hydrogen-bond acceptors (Lipinski definition) is 3. The average Bonchev–Trinajstić information content (AvgIpc) is 3.37. The molecule has 7 heteroatoms. The van der Waals surface area contributed by atoms with E-state index in [1.54, 1.807) is 7.11 Å². The van der Waals surface area contributed by atoms with Crippen LogP contribution < -0.4 is 4.74 Å². The van der Waals surface area contributed by atoms with Crippen LogP contribution in [0.1, 0.15) is 22.9 Å². The summed E-state index contributed by atoms with van der Waals surface area (Å²) in [4.78, 5) is 2.23. The van der Waals surface area contributed by atoms with Gasteiger partial charge in [0.05, 0.1) is 19.3 Å². The molecule has 1 atom stereocenters. The normalized spacial score (nSPS) is 17.6. The summed E-state index contributed by atoms with van der Waals surface area (Å²) in [7, 11) is 1.64. The molecule has 0 radical (unpaired) electrons. The minimum Gasteiger partial charge on any atom is -0.497 e. The fourth-order valence-corrected chi connectivity index (χ4v) is 3.48. The first kappa shape index (κ1) is 19.5. The SMILES string of the molecule is COc1ccc(CN2CCO[C@@H]2c2ccn(-c3ccc(C(F)(F)F)cc3)c2)cc1. The molecule has 2 aromatic carbocycles. The van der Waals surface area contributed by atoms with Crippen LogP contribution in [0.25, 0.3) is 5.69 Å². The fraction of sp³-hybridized carbons (Fsp3) is 0.273. The van der Waals surface area contributed by atoms with Gasteiger partial charge >= 0.3 is 6.18 Å². The maximum absolute atomic E-state index is 12.8. The summed E-state index contributed by atoms with van der Waals surface area (Å²) >= 11 is 0. The Morgan fingerprint density at radius 2 is 1.76 bits per heavy atom. The van der Waals surface area contributed by atoms with Gasteiger partial charge in [0, 0.05) is 36.7 Å². The predicted octanol–water partition coefficient (Wildman–Crippen LogP) is 5.04. The minimum absolute atomic E-state index is 0.187. The molecule has 1 aliphatic rings. The third kappa shape index (κ3) is 4.31. The van der Waals surface area contributed by atoms with Crippen LogP contribution in [-0.2, 0) is 17.5 Å². The Hall–Kier alpha value is -2.77. The summed E-state index contributed by atoms with van der Waals surface area (Å²) in [5, 5.41) is 0. The molecule has 0 N–H and O–H groups in total. The van der Waals surface area contributed by atoms with Crippen molar-refractivity contribution in [3.63, 3.8) is 0 Å². The summed E-state index contributed by atoms with van der Waals surface area (Å²) in [5.74, 6) is 0.816. The Bertz CT molecular complexity index is 949. The molecular weight excluding hydrogens is 381 g/mol. The van der Waals surface area contributed by atoms with Crippen LogP contribution in [0, 0.1) is 0 Å². The third-order valence-corrected chi connectivity index (χ3v) is 5.02. The second-order valence-corrected chi connectivity index (χ2v) is 6.94. The van der Waals surface area contributed by atoms with E-state index >= 15 is 0 Å². The summed E-state index contributed by atoms with van der Waals surface area (Å²) in [6.07, 6.45) is -0.780. The Morgan fingerprint density at radius 3 is 2.41 bits per heavy atom. The summed E-state index contributed by atoms with van der Waals surface area (Å²) in [5.41, 5.74) is 2.14. The number of benzene rings is 2. The molecule has 1 saturated heterocycles. The van der Waals surface area contributed by atoms with Gasteiger partial charge in [-0.05, 0) is 48.0 Å². The number of rotatable bonds is 5. The van der Waals surface area contributed by atoms with Crippen molar-refractivity contribution in [2.24, 2.45) is 0 Å². The molecule has 3 aromatic rings. The lowest BCUT2D eigenvalue weighted by molar-refractivity contribution is -0.137. The topological polar surface area (TPSA) is 26.6 Å². The zero-order chi connectivity index (χ0) is 20.4. The van der Waals surface area contributed by atoms with Gasteiger partial charge < -0.3 is 14.0 Å². The monoisotopic (exact) mass is 402 g/mol. The molecule has 0 unspecified atom stereocenters. The van der Waals surface area contributed by atoms with E-state index in [2.05, 4.69) is 4.90 Å². The van der Waals surface area contributed by atoms with Gasteiger partial charge in [-0.15, -0.1) is 0 Å². The fourth-order valence-electron chi connectivity index (χ4n) is 3.48. The molecule has 1 aromatic heterocycles. The van der Waals surface area contributed by atoms with Gasteiger partial charge in [0.25, 0.3) is 0 Å². The largest absolute Gasteiger partial charge is 0.497 e. The maximum Gasteiger partial charge on any atom is 0.416 e. The van der Waals surface area contributed by atoms with Crippen molar-refractivity contribution >= 4 is 0 Å². The molecule has 0 amide bonds. The number of methoxy groups -OCH3 is 1. The summed E-state index contributed by atoms with van der Waals surface area (Å²) in [6.45, 7) is 2.18. The van der Waals surface area contributed by atoms with Crippen LogP contribution in [0.3, 0.4) is 0 Å². The van der Waals surface area contributed by atoms with E-state index in [0.717, 1.165) is 42.1 Å². The number of hydrogen-bond donors (Lipinski definition) is 0. The lowest BCUT2D eigenvalue weighted by Crippen LogP contribution is -2.23. The Morgan fingerprint density at radius 1 is 1.03 bits per heavy atom. The van der Waals surface area contributed by atoms with E-state index in [1.165, 1.54) is 12.1 Å². The lowest BCUT2D eigenvalue weighted by atomic mass is 10.2. The summed E-state index contributed by atoms with van der Waals surface area (Å²) < 4.78 is 51.2. The zero-order valence-electron chi connectivity index (χ0n) is 15.9. The van der Waals surface area contributed by atoms with E-state index in [-0.39, 0.29) is 6.23 Å². The van der Waals surface area contributed by atoms with E-state index in [1.807, 2.05) is 47.3 Å². The quantitative estimate of drug-likeness (QED) is 0.599. The minimum atomic E-state index is -4.33. The van der Waals surface area contributed by atoms with Crippen LogP contribution >= 0.6 is 0 Å². The van der Waals surface area contributed by atoms with Crippen LogP contribution in [0.4, 0.5) is 13.2 Å². The standard InChI is InChI=1S/C22H21F3N2O2/c1-28-20-8-2-16(3-9-20)14-27-12-13-29-21(27)17-10-11-26(15-17)19-6-4-18(5-7-19)22(23,24)25/h2-11,15,21H,12-14H2,1H3/t21-/m1/s1. The van der Waals surface area contributed by atoms with Gasteiger partial charge in [0.15, 0.2) is 0 Å². The van der Waals surface area contributed by atoms with Crippen molar-refractivity contribution in [3.8, 4) is 11.4 Å². The second kappa shape index (κ2) is 7.93. The van der Waals surface area contributed by atoms with Crippen molar-refractivity contribution < 1.29 is 22.6 Å². The van der Waals surface area contributed by atoms with E-state index in [0.29, 0.717) is 12.3 Å². The van der Waals surface area contributed by atoms with E-state index in [4.69, 9.17) is 9.47 Å². The Labute approximate surface area is 167 Å². The number of ether oxygens (including phenoxy) is 2. The van der Waals surface area contributed by atoms with Gasteiger partial charge in [-0.3, -0.25) is 4.90 Å². The van der Waals surface area contributed by atoms with Crippen molar-refractivity contribution in [2.75, 3.05) is 20.3 Å². The van der Waals surface area contributed by atoms with Gasteiger partial charge in [0.1, 0.15) is 12.0 Å². The van der Waals surface area contributed by atoms with E-state index < -0.39 is 11.7 Å². The summed E-state index contributed by atoms with van der Waals surface area (Å²) in [6, 6.07) is 15.0. The number of nitrogens with zero attached hydrogens (tertiary/aromatic N) is 2.